The molecule has 0 N–H and O–H groups in total. The topological polar surface area (TPSA) is 56.0 Å². The highest BCUT2D eigenvalue weighted by atomic mass is 32.2. The van der Waals surface area contributed by atoms with Gasteiger partial charge in [0, 0.05) is 11.5 Å². The van der Waals surface area contributed by atoms with Crippen LogP contribution in [0.2, 0.25) is 0 Å². The van der Waals surface area contributed by atoms with Crippen LogP contribution in [0.1, 0.15) is 36.0 Å². The molecular formula is C13H14N2O2S. The summed E-state index contributed by atoms with van der Waals surface area (Å²) in [5.41, 5.74) is 0.702. The van der Waals surface area contributed by atoms with Gasteiger partial charge in [0.2, 0.25) is 5.89 Å². The van der Waals surface area contributed by atoms with Gasteiger partial charge in [-0.2, -0.15) is 0 Å². The van der Waals surface area contributed by atoms with E-state index in [0.29, 0.717) is 22.4 Å². The largest absolute Gasteiger partial charge is 0.416 e. The van der Waals surface area contributed by atoms with Gasteiger partial charge < -0.3 is 4.42 Å². The fourth-order valence-corrected chi connectivity index (χ4v) is 2.01. The van der Waals surface area contributed by atoms with Crippen molar-refractivity contribution in [2.24, 2.45) is 0 Å². The highest BCUT2D eigenvalue weighted by Gasteiger charge is 2.12. The summed E-state index contributed by atoms with van der Waals surface area (Å²) < 4.78 is 5.42. The van der Waals surface area contributed by atoms with Crippen LogP contribution in [0.3, 0.4) is 0 Å². The number of hydrogen-bond acceptors (Lipinski definition) is 5. The minimum atomic E-state index is 0.0601. The first-order chi connectivity index (χ1) is 8.66. The van der Waals surface area contributed by atoms with Gasteiger partial charge >= 0.3 is 0 Å². The molecule has 0 saturated heterocycles. The van der Waals surface area contributed by atoms with Gasteiger partial charge in [0.1, 0.15) is 0 Å². The Morgan fingerprint density at radius 2 is 2.00 bits per heavy atom. The second-order valence-corrected chi connectivity index (χ2v) is 5.07. The Labute approximate surface area is 110 Å². The van der Waals surface area contributed by atoms with E-state index in [4.69, 9.17) is 4.42 Å². The first kappa shape index (κ1) is 12.8. The fourth-order valence-electron chi connectivity index (χ4n) is 1.35. The quantitative estimate of drug-likeness (QED) is 0.612. The first-order valence-electron chi connectivity index (χ1n) is 5.71. The zero-order valence-electron chi connectivity index (χ0n) is 10.3. The van der Waals surface area contributed by atoms with Gasteiger partial charge in [0.25, 0.3) is 5.22 Å². The van der Waals surface area contributed by atoms with Gasteiger partial charge in [-0.1, -0.05) is 55.9 Å². The summed E-state index contributed by atoms with van der Waals surface area (Å²) in [6.07, 6.45) is 0. The molecule has 0 spiro atoms. The molecule has 5 heteroatoms. The van der Waals surface area contributed by atoms with E-state index >= 15 is 0 Å². The van der Waals surface area contributed by atoms with Crippen LogP contribution in [-0.2, 0) is 0 Å². The number of carbonyl (C=O) groups is 1. The Kier molecular flexibility index (Phi) is 4.15. The highest BCUT2D eigenvalue weighted by molar-refractivity contribution is 7.99. The summed E-state index contributed by atoms with van der Waals surface area (Å²) in [6, 6.07) is 9.19. The number of aromatic nitrogens is 2. The molecule has 1 aromatic carbocycles. The van der Waals surface area contributed by atoms with Gasteiger partial charge in [-0.3, -0.25) is 4.79 Å². The number of benzene rings is 1. The van der Waals surface area contributed by atoms with Crippen LogP contribution in [-0.4, -0.2) is 21.7 Å². The number of hydrogen-bond donors (Lipinski definition) is 0. The van der Waals surface area contributed by atoms with Crippen molar-refractivity contribution in [2.45, 2.75) is 25.0 Å². The van der Waals surface area contributed by atoms with Crippen molar-refractivity contribution in [3.8, 4) is 0 Å². The van der Waals surface area contributed by atoms with Crippen molar-refractivity contribution in [1.82, 2.24) is 10.2 Å². The number of nitrogens with zero attached hydrogens (tertiary/aromatic N) is 2. The third-order valence-electron chi connectivity index (χ3n) is 2.34. The van der Waals surface area contributed by atoms with E-state index in [1.165, 1.54) is 11.8 Å². The zero-order chi connectivity index (χ0) is 13.0. The predicted molar refractivity (Wildman–Crippen MR) is 69.9 cm³/mol. The monoisotopic (exact) mass is 262 g/mol. The van der Waals surface area contributed by atoms with Crippen LogP contribution in [0.4, 0.5) is 0 Å². The van der Waals surface area contributed by atoms with Gasteiger partial charge in [0.05, 0.1) is 5.75 Å². The zero-order valence-corrected chi connectivity index (χ0v) is 11.1. The van der Waals surface area contributed by atoms with E-state index in [2.05, 4.69) is 10.2 Å². The Morgan fingerprint density at radius 1 is 1.28 bits per heavy atom. The molecule has 0 bridgehead atoms. The van der Waals surface area contributed by atoms with Crippen molar-refractivity contribution >= 4 is 17.5 Å². The number of rotatable bonds is 5. The second-order valence-electron chi connectivity index (χ2n) is 4.14. The van der Waals surface area contributed by atoms with Crippen LogP contribution in [0.15, 0.2) is 40.0 Å². The van der Waals surface area contributed by atoms with E-state index < -0.39 is 0 Å². The lowest BCUT2D eigenvalue weighted by Crippen LogP contribution is -2.01. The van der Waals surface area contributed by atoms with Gasteiger partial charge in [-0.05, 0) is 0 Å². The Balaban J connectivity index is 1.93. The van der Waals surface area contributed by atoms with Crippen LogP contribution < -0.4 is 0 Å². The van der Waals surface area contributed by atoms with Crippen LogP contribution in [0.5, 0.6) is 0 Å². The smallest absolute Gasteiger partial charge is 0.277 e. The molecule has 0 aliphatic heterocycles. The van der Waals surface area contributed by atoms with E-state index in [0.717, 1.165) is 0 Å². The summed E-state index contributed by atoms with van der Waals surface area (Å²) >= 11 is 1.27. The number of ketones is 1. The van der Waals surface area contributed by atoms with E-state index in [9.17, 15) is 4.79 Å². The maximum Gasteiger partial charge on any atom is 0.277 e. The minimum Gasteiger partial charge on any atom is -0.416 e. The minimum absolute atomic E-state index is 0.0601. The molecule has 4 nitrogen and oxygen atoms in total. The van der Waals surface area contributed by atoms with E-state index in [1.807, 2.05) is 32.0 Å². The molecule has 1 aromatic heterocycles. The molecule has 0 fully saturated rings. The molecule has 0 saturated carbocycles. The average molecular weight is 262 g/mol. The predicted octanol–water partition coefficient (Wildman–Crippen LogP) is 3.17. The normalized spacial score (nSPS) is 10.8. The van der Waals surface area contributed by atoms with Crippen LogP contribution in [0.25, 0.3) is 0 Å². The molecular weight excluding hydrogens is 248 g/mol. The van der Waals surface area contributed by atoms with Crippen molar-refractivity contribution in [2.75, 3.05) is 5.75 Å². The summed E-state index contributed by atoms with van der Waals surface area (Å²) in [7, 11) is 0. The van der Waals surface area contributed by atoms with Crippen LogP contribution in [0, 0.1) is 0 Å². The van der Waals surface area contributed by atoms with Crippen molar-refractivity contribution in [3.05, 3.63) is 41.8 Å². The SMILES string of the molecule is CC(C)c1nnc(SCC(=O)c2ccccc2)o1. The lowest BCUT2D eigenvalue weighted by atomic mass is 10.2. The van der Waals surface area contributed by atoms with E-state index in [1.54, 1.807) is 12.1 Å². The molecule has 0 aliphatic rings. The van der Waals surface area contributed by atoms with Crippen LogP contribution >= 0.6 is 11.8 Å². The standard InChI is InChI=1S/C13H14N2O2S/c1-9(2)12-14-15-13(17-12)18-8-11(16)10-6-4-3-5-7-10/h3-7,9H,8H2,1-2H3. The Morgan fingerprint density at radius 3 is 2.61 bits per heavy atom. The van der Waals surface area contributed by atoms with Gasteiger partial charge in [0.15, 0.2) is 5.78 Å². The first-order valence-corrected chi connectivity index (χ1v) is 6.70. The van der Waals surface area contributed by atoms with Gasteiger partial charge in [-0.25, -0.2) is 0 Å². The third-order valence-corrected chi connectivity index (χ3v) is 3.16. The number of Topliss-reactive ketones (excluding diaryl/α,β-unsaturated/α-hetero) is 1. The van der Waals surface area contributed by atoms with Crippen molar-refractivity contribution in [1.29, 1.82) is 0 Å². The Bertz CT molecular complexity index is 523. The van der Waals surface area contributed by atoms with Crippen molar-refractivity contribution in [3.63, 3.8) is 0 Å². The molecule has 2 aromatic rings. The molecule has 1 heterocycles. The number of carbonyl (C=O) groups excluding carboxylic acids is 1. The van der Waals surface area contributed by atoms with E-state index in [-0.39, 0.29) is 11.7 Å². The average Bonchev–Trinajstić information content (AvgIpc) is 2.86. The van der Waals surface area contributed by atoms with Gasteiger partial charge in [-0.15, -0.1) is 10.2 Å². The fraction of sp³-hybridized carbons (Fsp3) is 0.308. The molecule has 0 atom stereocenters. The summed E-state index contributed by atoms with van der Waals surface area (Å²) in [5.74, 6) is 1.18. The lowest BCUT2D eigenvalue weighted by molar-refractivity contribution is 0.102. The molecule has 2 rings (SSSR count). The van der Waals surface area contributed by atoms with Crippen molar-refractivity contribution < 1.29 is 9.21 Å². The molecule has 0 amide bonds. The highest BCUT2D eigenvalue weighted by Crippen LogP contribution is 2.21. The summed E-state index contributed by atoms with van der Waals surface area (Å²) in [6.45, 7) is 3.97. The molecule has 0 aliphatic carbocycles. The summed E-state index contributed by atoms with van der Waals surface area (Å²) in [4.78, 5) is 11.8. The maximum absolute atomic E-state index is 11.8. The maximum atomic E-state index is 11.8. The Hall–Kier alpha value is -1.62. The second kappa shape index (κ2) is 5.82. The number of thioether (sulfide) groups is 1. The molecule has 94 valence electrons. The molecule has 18 heavy (non-hydrogen) atoms. The molecule has 0 radical (unpaired) electrons. The molecule has 0 unspecified atom stereocenters. The lowest BCUT2D eigenvalue weighted by Gasteiger charge is -1.98. The third kappa shape index (κ3) is 3.20. The summed E-state index contributed by atoms with van der Waals surface area (Å²) in [5, 5.41) is 8.26.